The van der Waals surface area contributed by atoms with Gasteiger partial charge in [0.15, 0.2) is 0 Å². The summed E-state index contributed by atoms with van der Waals surface area (Å²) in [4.78, 5) is 16.0. The molecule has 0 spiro atoms. The molecule has 0 amide bonds. The highest BCUT2D eigenvalue weighted by Gasteiger charge is 2.20. The van der Waals surface area contributed by atoms with Gasteiger partial charge in [-0.05, 0) is 20.8 Å². The van der Waals surface area contributed by atoms with Crippen LogP contribution in [0.25, 0.3) is 0 Å². The zero-order valence-electron chi connectivity index (χ0n) is 11.8. The van der Waals surface area contributed by atoms with E-state index in [1.807, 2.05) is 0 Å². The van der Waals surface area contributed by atoms with Crippen molar-refractivity contribution in [2.24, 2.45) is 5.28 Å². The number of nitrogens with zero attached hydrogens (tertiary/aromatic N) is 3. The van der Waals surface area contributed by atoms with Crippen LogP contribution < -0.4 is 0 Å². The molecule has 0 heterocycles. The SMILES string of the molecule is CC(O/N=[N+](\[O-])N(C)CCO)OC(=O)OC(C)(C)C. The molecule has 0 fully saturated rings. The molecule has 19 heavy (non-hydrogen) atoms. The molecular weight excluding hydrogens is 258 g/mol. The van der Waals surface area contributed by atoms with E-state index in [9.17, 15) is 10.0 Å². The summed E-state index contributed by atoms with van der Waals surface area (Å²) in [6.07, 6.45) is -2.00. The van der Waals surface area contributed by atoms with Gasteiger partial charge in [-0.1, -0.05) is 0 Å². The van der Waals surface area contributed by atoms with Gasteiger partial charge in [0.2, 0.25) is 5.28 Å². The molecular formula is C10H21N3O6. The summed E-state index contributed by atoms with van der Waals surface area (Å²) >= 11 is 0. The Hall–Kier alpha value is -1.77. The highest BCUT2D eigenvalue weighted by atomic mass is 16.8. The standard InChI is InChI=1S/C10H21N3O6/c1-8(17-9(15)18-10(2,3)4)19-11-13(16)12(5)6-7-14/h8,14H,6-7H2,1-5H3/b13-11-. The van der Waals surface area contributed by atoms with Gasteiger partial charge >= 0.3 is 6.16 Å². The van der Waals surface area contributed by atoms with E-state index in [1.54, 1.807) is 20.8 Å². The van der Waals surface area contributed by atoms with Crippen molar-refractivity contribution >= 4 is 6.16 Å². The molecule has 1 N–H and O–H groups in total. The monoisotopic (exact) mass is 279 g/mol. The minimum absolute atomic E-state index is 0.0949. The van der Waals surface area contributed by atoms with E-state index < -0.39 is 18.0 Å². The van der Waals surface area contributed by atoms with E-state index in [0.29, 0.717) is 0 Å². The third-order valence-corrected chi connectivity index (χ3v) is 1.63. The number of rotatable bonds is 6. The van der Waals surface area contributed by atoms with Crippen molar-refractivity contribution in [2.45, 2.75) is 39.6 Å². The van der Waals surface area contributed by atoms with E-state index in [4.69, 9.17) is 14.6 Å². The van der Waals surface area contributed by atoms with Gasteiger partial charge in [-0.2, -0.15) is 0 Å². The topological polar surface area (TPSA) is 107 Å². The smallest absolute Gasteiger partial charge is 0.511 e. The van der Waals surface area contributed by atoms with Crippen LogP contribution in [0.15, 0.2) is 5.28 Å². The molecule has 1 atom stereocenters. The first kappa shape index (κ1) is 17.2. The van der Waals surface area contributed by atoms with Crippen LogP contribution >= 0.6 is 0 Å². The molecule has 0 bridgehead atoms. The lowest BCUT2D eigenvalue weighted by Crippen LogP contribution is -2.30. The molecule has 0 aromatic rings. The van der Waals surface area contributed by atoms with Crippen molar-refractivity contribution in [2.75, 3.05) is 20.2 Å². The molecule has 9 nitrogen and oxygen atoms in total. The second-order valence-corrected chi connectivity index (χ2v) is 4.69. The minimum Gasteiger partial charge on any atom is -0.569 e. The van der Waals surface area contributed by atoms with Gasteiger partial charge in [0.25, 0.3) is 6.29 Å². The number of carbonyl (C=O) groups is 1. The number of hydrogen-bond donors (Lipinski definition) is 1. The van der Waals surface area contributed by atoms with Gasteiger partial charge in [0, 0.05) is 6.92 Å². The summed E-state index contributed by atoms with van der Waals surface area (Å²) in [7, 11) is 1.41. The molecule has 0 aromatic heterocycles. The van der Waals surface area contributed by atoms with Gasteiger partial charge in [-0.3, -0.25) is 4.84 Å². The van der Waals surface area contributed by atoms with Crippen LogP contribution in [-0.2, 0) is 14.3 Å². The van der Waals surface area contributed by atoms with Crippen molar-refractivity contribution in [3.8, 4) is 0 Å². The molecule has 0 radical (unpaired) electrons. The van der Waals surface area contributed by atoms with Crippen LogP contribution in [0.2, 0.25) is 0 Å². The van der Waals surface area contributed by atoms with Crippen LogP contribution in [0, 0.1) is 5.21 Å². The maximum Gasteiger partial charge on any atom is 0.511 e. The molecule has 0 saturated heterocycles. The van der Waals surface area contributed by atoms with Crippen LogP contribution in [0.5, 0.6) is 0 Å². The van der Waals surface area contributed by atoms with Gasteiger partial charge in [0.1, 0.15) is 5.60 Å². The highest BCUT2D eigenvalue weighted by molar-refractivity contribution is 5.60. The maximum absolute atomic E-state index is 11.2. The second kappa shape index (κ2) is 7.62. The Kier molecular flexibility index (Phi) is 6.91. The summed E-state index contributed by atoms with van der Waals surface area (Å²) in [6.45, 7) is 6.34. The molecule has 9 heteroatoms. The van der Waals surface area contributed by atoms with Crippen LogP contribution in [-0.4, -0.2) is 53.3 Å². The van der Waals surface area contributed by atoms with Crippen molar-refractivity contribution in [3.05, 3.63) is 5.21 Å². The van der Waals surface area contributed by atoms with Crippen molar-refractivity contribution < 1.29 is 29.2 Å². The summed E-state index contributed by atoms with van der Waals surface area (Å²) < 4.78 is 9.59. The zero-order valence-corrected chi connectivity index (χ0v) is 11.8. The zero-order chi connectivity index (χ0) is 15.1. The second-order valence-electron chi connectivity index (χ2n) is 4.69. The average Bonchev–Trinajstić information content (AvgIpc) is 2.23. The molecule has 0 aliphatic carbocycles. The first-order valence-electron chi connectivity index (χ1n) is 5.71. The average molecular weight is 279 g/mol. The van der Waals surface area contributed by atoms with E-state index in [1.165, 1.54) is 14.0 Å². The van der Waals surface area contributed by atoms with Gasteiger partial charge in [-0.15, -0.1) is 5.01 Å². The van der Waals surface area contributed by atoms with E-state index in [0.717, 1.165) is 5.01 Å². The number of hydrogen-bond acceptors (Lipinski definition) is 7. The van der Waals surface area contributed by atoms with Crippen molar-refractivity contribution in [1.29, 1.82) is 0 Å². The molecule has 0 aliphatic rings. The van der Waals surface area contributed by atoms with Gasteiger partial charge in [-0.25, -0.2) is 4.79 Å². The van der Waals surface area contributed by atoms with Gasteiger partial charge in [0.05, 0.1) is 25.2 Å². The minimum atomic E-state index is -1.08. The van der Waals surface area contributed by atoms with Gasteiger partial charge < -0.3 is 19.8 Å². The Balaban J connectivity index is 4.14. The molecule has 112 valence electrons. The number of hydrazine groups is 1. The number of carbonyl (C=O) groups excluding carboxylic acids is 1. The lowest BCUT2D eigenvalue weighted by Gasteiger charge is -2.19. The molecule has 1 unspecified atom stereocenters. The number of likely N-dealkylation sites (N-methyl/N-ethyl adjacent to an activating group) is 1. The van der Waals surface area contributed by atoms with Crippen LogP contribution in [0.3, 0.4) is 0 Å². The summed E-state index contributed by atoms with van der Waals surface area (Å²) in [5.41, 5.74) is -0.681. The lowest BCUT2D eigenvalue weighted by molar-refractivity contribution is -0.707. The Morgan fingerprint density at radius 1 is 1.53 bits per heavy atom. The Morgan fingerprint density at radius 3 is 2.58 bits per heavy atom. The highest BCUT2D eigenvalue weighted by Crippen LogP contribution is 2.09. The Labute approximate surface area is 111 Å². The predicted octanol–water partition coefficient (Wildman–Crippen LogP) is 1.02. The molecule has 0 aromatic carbocycles. The first-order chi connectivity index (χ1) is 8.65. The normalized spacial score (nSPS) is 13.7. The fraction of sp³-hybridized carbons (Fsp3) is 0.900. The van der Waals surface area contributed by atoms with Crippen molar-refractivity contribution in [1.82, 2.24) is 5.01 Å². The van der Waals surface area contributed by atoms with E-state index >= 15 is 0 Å². The summed E-state index contributed by atoms with van der Waals surface area (Å²) in [5.74, 6) is 0. The fourth-order valence-electron chi connectivity index (χ4n) is 0.830. The number of aliphatic hydroxyl groups is 1. The molecule has 0 saturated carbocycles. The number of aliphatic hydroxyl groups excluding tert-OH is 1. The Morgan fingerprint density at radius 2 is 2.11 bits per heavy atom. The number of ether oxygens (including phenoxy) is 2. The fourth-order valence-corrected chi connectivity index (χ4v) is 0.830. The predicted molar refractivity (Wildman–Crippen MR) is 63.6 cm³/mol. The lowest BCUT2D eigenvalue weighted by atomic mass is 10.2. The Bertz CT molecular complexity index is 315. The third-order valence-electron chi connectivity index (χ3n) is 1.63. The largest absolute Gasteiger partial charge is 0.569 e. The summed E-state index contributed by atoms with van der Waals surface area (Å²) in [6, 6.07) is 0. The first-order valence-corrected chi connectivity index (χ1v) is 5.71. The van der Waals surface area contributed by atoms with Crippen molar-refractivity contribution in [3.63, 3.8) is 0 Å². The molecule has 0 rings (SSSR count). The molecule has 0 aliphatic heterocycles. The third kappa shape index (κ3) is 8.89. The summed E-state index contributed by atoms with van der Waals surface area (Å²) in [5, 5.41) is 24.1. The van der Waals surface area contributed by atoms with E-state index in [2.05, 4.69) is 10.1 Å². The van der Waals surface area contributed by atoms with Crippen LogP contribution in [0.1, 0.15) is 27.7 Å². The van der Waals surface area contributed by atoms with E-state index in [-0.39, 0.29) is 18.1 Å². The maximum atomic E-state index is 11.2. The van der Waals surface area contributed by atoms with Crippen LogP contribution in [0.4, 0.5) is 4.79 Å². The quantitative estimate of drug-likeness (QED) is 0.254.